The minimum atomic E-state index is -0.418. The van der Waals surface area contributed by atoms with Crippen molar-refractivity contribution < 1.29 is 9.90 Å². The Hall–Kier alpha value is -0.770. The van der Waals surface area contributed by atoms with Crippen LogP contribution >= 0.6 is 0 Å². The van der Waals surface area contributed by atoms with E-state index in [4.69, 9.17) is 0 Å². The average Bonchev–Trinajstić information content (AvgIpc) is 2.91. The summed E-state index contributed by atoms with van der Waals surface area (Å²) in [5, 5.41) is 9.25. The molecule has 1 heterocycles. The van der Waals surface area contributed by atoms with Gasteiger partial charge in [0, 0.05) is 25.7 Å². The lowest BCUT2D eigenvalue weighted by atomic mass is 10.2. The SMILES string of the molecule is CC(O)CN1CCCN(C2CC2)C1=O. The van der Waals surface area contributed by atoms with E-state index in [2.05, 4.69) is 0 Å². The Morgan fingerprint density at radius 1 is 1.50 bits per heavy atom. The molecule has 2 amide bonds. The van der Waals surface area contributed by atoms with Crippen LogP contribution in [0.25, 0.3) is 0 Å². The van der Waals surface area contributed by atoms with Crippen molar-refractivity contribution in [3.05, 3.63) is 0 Å². The Labute approximate surface area is 84.5 Å². The second-order valence-electron chi connectivity index (χ2n) is 4.36. The third kappa shape index (κ3) is 2.00. The molecule has 4 nitrogen and oxygen atoms in total. The summed E-state index contributed by atoms with van der Waals surface area (Å²) in [5.41, 5.74) is 0. The molecule has 2 rings (SSSR count). The van der Waals surface area contributed by atoms with Crippen LogP contribution in [0.2, 0.25) is 0 Å². The first-order chi connectivity index (χ1) is 6.68. The highest BCUT2D eigenvalue weighted by molar-refractivity contribution is 5.76. The van der Waals surface area contributed by atoms with Gasteiger partial charge in [-0.05, 0) is 26.2 Å². The number of hydrogen-bond acceptors (Lipinski definition) is 2. The molecular formula is C10H18N2O2. The van der Waals surface area contributed by atoms with Gasteiger partial charge in [-0.2, -0.15) is 0 Å². The minimum absolute atomic E-state index is 0.125. The van der Waals surface area contributed by atoms with Gasteiger partial charge >= 0.3 is 6.03 Å². The van der Waals surface area contributed by atoms with Crippen LogP contribution in [-0.4, -0.2) is 52.7 Å². The first-order valence-electron chi connectivity index (χ1n) is 5.42. The van der Waals surface area contributed by atoms with E-state index in [9.17, 15) is 9.90 Å². The van der Waals surface area contributed by atoms with Crippen LogP contribution in [0.5, 0.6) is 0 Å². The first-order valence-corrected chi connectivity index (χ1v) is 5.42. The number of β-amino-alcohol motifs (C(OH)–C–C–N with tert-alkyl or cyclic N) is 1. The maximum Gasteiger partial charge on any atom is 0.320 e. The van der Waals surface area contributed by atoms with Gasteiger partial charge in [-0.3, -0.25) is 0 Å². The predicted molar refractivity (Wildman–Crippen MR) is 53.0 cm³/mol. The van der Waals surface area contributed by atoms with E-state index in [-0.39, 0.29) is 6.03 Å². The average molecular weight is 198 g/mol. The summed E-state index contributed by atoms with van der Waals surface area (Å²) in [4.78, 5) is 15.6. The topological polar surface area (TPSA) is 43.8 Å². The number of urea groups is 1. The number of aliphatic hydroxyl groups excluding tert-OH is 1. The van der Waals surface area contributed by atoms with E-state index in [0.717, 1.165) is 32.4 Å². The molecule has 0 radical (unpaired) electrons. The number of carbonyl (C=O) groups is 1. The Morgan fingerprint density at radius 3 is 2.79 bits per heavy atom. The molecule has 1 saturated heterocycles. The van der Waals surface area contributed by atoms with E-state index in [1.807, 2.05) is 4.90 Å². The van der Waals surface area contributed by atoms with Gasteiger partial charge in [0.05, 0.1) is 6.10 Å². The van der Waals surface area contributed by atoms with Crippen molar-refractivity contribution in [2.75, 3.05) is 19.6 Å². The number of nitrogens with zero attached hydrogens (tertiary/aromatic N) is 2. The zero-order valence-electron chi connectivity index (χ0n) is 8.65. The van der Waals surface area contributed by atoms with Crippen LogP contribution in [0.15, 0.2) is 0 Å². The fourth-order valence-corrected chi connectivity index (χ4v) is 2.02. The standard InChI is InChI=1S/C10H18N2O2/c1-8(13)7-11-5-2-6-12(10(11)14)9-3-4-9/h8-9,13H,2-7H2,1H3. The van der Waals surface area contributed by atoms with E-state index >= 15 is 0 Å². The molecule has 1 saturated carbocycles. The lowest BCUT2D eigenvalue weighted by Crippen LogP contribution is -2.51. The minimum Gasteiger partial charge on any atom is -0.392 e. The molecular weight excluding hydrogens is 180 g/mol. The quantitative estimate of drug-likeness (QED) is 0.724. The van der Waals surface area contributed by atoms with Crippen molar-refractivity contribution in [2.24, 2.45) is 0 Å². The summed E-state index contributed by atoms with van der Waals surface area (Å²) in [6, 6.07) is 0.624. The highest BCUT2D eigenvalue weighted by Crippen LogP contribution is 2.29. The Balaban J connectivity index is 1.93. The van der Waals surface area contributed by atoms with Gasteiger partial charge in [-0.25, -0.2) is 4.79 Å². The van der Waals surface area contributed by atoms with Gasteiger partial charge in [-0.15, -0.1) is 0 Å². The zero-order chi connectivity index (χ0) is 10.1. The fraction of sp³-hybridized carbons (Fsp3) is 0.900. The highest BCUT2D eigenvalue weighted by atomic mass is 16.3. The maximum absolute atomic E-state index is 11.9. The number of carbonyl (C=O) groups excluding carboxylic acids is 1. The summed E-state index contributed by atoms with van der Waals surface area (Å²) < 4.78 is 0. The van der Waals surface area contributed by atoms with Crippen LogP contribution in [-0.2, 0) is 0 Å². The summed E-state index contributed by atoms with van der Waals surface area (Å²) in [6.45, 7) is 3.90. The molecule has 1 atom stereocenters. The molecule has 1 unspecified atom stereocenters. The Bertz CT molecular complexity index is 226. The summed E-state index contributed by atoms with van der Waals surface area (Å²) in [6.07, 6.45) is 2.94. The van der Waals surface area contributed by atoms with Crippen LogP contribution in [0.4, 0.5) is 4.79 Å². The molecule has 14 heavy (non-hydrogen) atoms. The monoisotopic (exact) mass is 198 g/mol. The van der Waals surface area contributed by atoms with E-state index in [0.29, 0.717) is 12.6 Å². The van der Waals surface area contributed by atoms with Crippen molar-refractivity contribution in [1.82, 2.24) is 9.80 Å². The van der Waals surface area contributed by atoms with Crippen molar-refractivity contribution in [3.8, 4) is 0 Å². The van der Waals surface area contributed by atoms with E-state index in [1.165, 1.54) is 0 Å². The molecule has 2 aliphatic rings. The maximum atomic E-state index is 11.9. The molecule has 0 aromatic carbocycles. The molecule has 4 heteroatoms. The zero-order valence-corrected chi connectivity index (χ0v) is 8.65. The van der Waals surface area contributed by atoms with Gasteiger partial charge in [-0.1, -0.05) is 0 Å². The molecule has 0 aromatic rings. The molecule has 2 fully saturated rings. The molecule has 1 N–H and O–H groups in total. The number of rotatable bonds is 3. The molecule has 80 valence electrons. The lowest BCUT2D eigenvalue weighted by molar-refractivity contribution is 0.0912. The van der Waals surface area contributed by atoms with Crippen molar-refractivity contribution >= 4 is 6.03 Å². The van der Waals surface area contributed by atoms with Crippen LogP contribution in [0, 0.1) is 0 Å². The van der Waals surface area contributed by atoms with Gasteiger partial charge in [0.2, 0.25) is 0 Å². The van der Waals surface area contributed by atoms with E-state index < -0.39 is 6.10 Å². The third-order valence-electron chi connectivity index (χ3n) is 2.82. The first kappa shape index (κ1) is 9.77. The van der Waals surface area contributed by atoms with Gasteiger partial charge in [0.1, 0.15) is 0 Å². The predicted octanol–water partition coefficient (Wildman–Crippen LogP) is 0.657. The van der Waals surface area contributed by atoms with Crippen molar-refractivity contribution in [3.63, 3.8) is 0 Å². The van der Waals surface area contributed by atoms with Crippen LogP contribution < -0.4 is 0 Å². The second-order valence-corrected chi connectivity index (χ2v) is 4.36. The lowest BCUT2D eigenvalue weighted by Gasteiger charge is -2.36. The van der Waals surface area contributed by atoms with E-state index in [1.54, 1.807) is 11.8 Å². The molecule has 1 aliphatic carbocycles. The summed E-state index contributed by atoms with van der Waals surface area (Å²) in [7, 11) is 0. The smallest absolute Gasteiger partial charge is 0.320 e. The molecule has 0 bridgehead atoms. The normalized spacial score (nSPS) is 25.4. The summed E-state index contributed by atoms with van der Waals surface area (Å²) in [5.74, 6) is 0. The summed E-state index contributed by atoms with van der Waals surface area (Å²) >= 11 is 0. The largest absolute Gasteiger partial charge is 0.392 e. The van der Waals surface area contributed by atoms with Crippen molar-refractivity contribution in [1.29, 1.82) is 0 Å². The molecule has 0 aromatic heterocycles. The van der Waals surface area contributed by atoms with Gasteiger partial charge in [0.15, 0.2) is 0 Å². The fourth-order valence-electron chi connectivity index (χ4n) is 2.02. The number of amides is 2. The van der Waals surface area contributed by atoms with Gasteiger partial charge in [0.25, 0.3) is 0 Å². The van der Waals surface area contributed by atoms with Crippen LogP contribution in [0.3, 0.4) is 0 Å². The number of aliphatic hydroxyl groups is 1. The molecule has 0 spiro atoms. The Kier molecular flexibility index (Phi) is 2.63. The molecule has 1 aliphatic heterocycles. The van der Waals surface area contributed by atoms with Crippen LogP contribution in [0.1, 0.15) is 26.2 Å². The Morgan fingerprint density at radius 2 is 2.21 bits per heavy atom. The third-order valence-corrected chi connectivity index (χ3v) is 2.82. The second kappa shape index (κ2) is 3.77. The number of hydrogen-bond donors (Lipinski definition) is 1. The highest BCUT2D eigenvalue weighted by Gasteiger charge is 2.36. The van der Waals surface area contributed by atoms with Crippen molar-refractivity contribution in [2.45, 2.75) is 38.3 Å². The van der Waals surface area contributed by atoms with Gasteiger partial charge < -0.3 is 14.9 Å².